The van der Waals surface area contributed by atoms with Crippen molar-refractivity contribution in [1.82, 2.24) is 0 Å². The van der Waals surface area contributed by atoms with Gasteiger partial charge in [-0.1, -0.05) is 34.1 Å². The molecule has 0 amide bonds. The number of hydrogen-bond donors (Lipinski definition) is 1. The summed E-state index contributed by atoms with van der Waals surface area (Å²) in [5.41, 5.74) is 2.34. The van der Waals surface area contributed by atoms with Gasteiger partial charge in [0.05, 0.1) is 12.6 Å². The number of para-hydroxylation sites is 1. The van der Waals surface area contributed by atoms with E-state index in [1.807, 2.05) is 12.1 Å². The maximum atomic E-state index is 6.05. The number of fused-ring (bicyclic) bond motifs is 2. The first kappa shape index (κ1) is 14.1. The Morgan fingerprint density at radius 2 is 1.86 bits per heavy atom. The molecule has 2 aromatic rings. The second kappa shape index (κ2) is 5.94. The molecule has 2 heterocycles. The van der Waals surface area contributed by atoms with E-state index in [9.17, 15) is 0 Å². The van der Waals surface area contributed by atoms with Gasteiger partial charge < -0.3 is 14.8 Å². The van der Waals surface area contributed by atoms with E-state index in [1.165, 1.54) is 5.56 Å². The van der Waals surface area contributed by atoms with Gasteiger partial charge in [-0.15, -0.1) is 0 Å². The fourth-order valence-corrected chi connectivity index (χ4v) is 3.60. The van der Waals surface area contributed by atoms with Gasteiger partial charge in [0.2, 0.25) is 6.29 Å². The molecule has 22 heavy (non-hydrogen) atoms. The van der Waals surface area contributed by atoms with Crippen molar-refractivity contribution in [2.24, 2.45) is 5.92 Å². The fourth-order valence-electron chi connectivity index (χ4n) is 3.33. The molecule has 0 radical (unpaired) electrons. The Balaban J connectivity index is 1.69. The van der Waals surface area contributed by atoms with Gasteiger partial charge in [-0.3, -0.25) is 0 Å². The van der Waals surface area contributed by atoms with Crippen LogP contribution in [-0.2, 0) is 4.74 Å². The molecular weight excluding hydrogens is 342 g/mol. The van der Waals surface area contributed by atoms with Crippen LogP contribution >= 0.6 is 15.9 Å². The predicted molar refractivity (Wildman–Crippen MR) is 90.0 cm³/mol. The molecule has 2 aliphatic heterocycles. The van der Waals surface area contributed by atoms with Crippen molar-refractivity contribution in [3.05, 3.63) is 58.6 Å². The zero-order chi connectivity index (χ0) is 14.9. The second-order valence-corrected chi connectivity index (χ2v) is 6.75. The Hall–Kier alpha value is -1.52. The Morgan fingerprint density at radius 3 is 2.73 bits per heavy atom. The van der Waals surface area contributed by atoms with Crippen LogP contribution in [0.2, 0.25) is 0 Å². The first-order valence-corrected chi connectivity index (χ1v) is 8.50. The molecule has 3 nitrogen and oxygen atoms in total. The summed E-state index contributed by atoms with van der Waals surface area (Å²) in [7, 11) is 0. The summed E-state index contributed by atoms with van der Waals surface area (Å²) in [5, 5.41) is 3.68. The third-order valence-corrected chi connectivity index (χ3v) is 4.93. The summed E-state index contributed by atoms with van der Waals surface area (Å²) < 4.78 is 13.0. The minimum atomic E-state index is -0.142. The zero-order valence-corrected chi connectivity index (χ0v) is 13.8. The molecule has 0 spiro atoms. The second-order valence-electron chi connectivity index (χ2n) is 5.83. The number of hydrogen-bond acceptors (Lipinski definition) is 3. The highest BCUT2D eigenvalue weighted by atomic mass is 79.9. The van der Waals surface area contributed by atoms with Crippen molar-refractivity contribution in [2.75, 3.05) is 11.9 Å². The quantitative estimate of drug-likeness (QED) is 0.839. The topological polar surface area (TPSA) is 30.5 Å². The van der Waals surface area contributed by atoms with E-state index >= 15 is 0 Å². The summed E-state index contributed by atoms with van der Waals surface area (Å²) >= 11 is 3.48. The lowest BCUT2D eigenvalue weighted by molar-refractivity contribution is -0.154. The number of anilines is 1. The summed E-state index contributed by atoms with van der Waals surface area (Å²) in [6.45, 7) is 0.786. The number of benzene rings is 2. The fraction of sp³-hybridized carbons (Fsp3) is 0.333. The normalized spacial score (nSPS) is 26.5. The van der Waals surface area contributed by atoms with Crippen LogP contribution in [0.4, 0.5) is 5.69 Å². The number of halogens is 1. The first-order chi connectivity index (χ1) is 10.8. The van der Waals surface area contributed by atoms with Gasteiger partial charge in [-0.25, -0.2) is 0 Å². The highest BCUT2D eigenvalue weighted by molar-refractivity contribution is 9.10. The molecule has 1 saturated heterocycles. The van der Waals surface area contributed by atoms with Crippen molar-refractivity contribution >= 4 is 21.6 Å². The molecule has 0 bridgehead atoms. The highest BCUT2D eigenvalue weighted by Gasteiger charge is 2.40. The minimum absolute atomic E-state index is 0.142. The Morgan fingerprint density at radius 1 is 1.05 bits per heavy atom. The van der Waals surface area contributed by atoms with E-state index in [4.69, 9.17) is 9.47 Å². The van der Waals surface area contributed by atoms with E-state index in [1.54, 1.807) is 0 Å². The van der Waals surface area contributed by atoms with Crippen LogP contribution < -0.4 is 10.1 Å². The average Bonchev–Trinajstić information content (AvgIpc) is 2.56. The van der Waals surface area contributed by atoms with Gasteiger partial charge in [-0.05, 0) is 43.2 Å². The summed E-state index contributed by atoms with van der Waals surface area (Å²) in [6, 6.07) is 16.8. The lowest BCUT2D eigenvalue weighted by Gasteiger charge is -2.42. The molecule has 2 aromatic carbocycles. The largest absolute Gasteiger partial charge is 0.464 e. The van der Waals surface area contributed by atoms with Crippen LogP contribution in [-0.4, -0.2) is 12.9 Å². The standard InChI is InChI=1S/C18H18BrNO2/c19-12-7-9-13(10-8-12)20-17-14-4-1-2-6-16(14)22-18-15(17)5-3-11-21-18/h1-2,4,6-10,15,17-18,20H,3,5,11H2/t15-,17+,18+/m1/s1. The van der Waals surface area contributed by atoms with Crippen molar-refractivity contribution in [1.29, 1.82) is 0 Å². The van der Waals surface area contributed by atoms with Crippen molar-refractivity contribution in [3.8, 4) is 5.75 Å². The molecule has 114 valence electrons. The molecule has 2 aliphatic rings. The van der Waals surface area contributed by atoms with Gasteiger partial charge in [0.1, 0.15) is 5.75 Å². The maximum Gasteiger partial charge on any atom is 0.204 e. The molecule has 0 saturated carbocycles. The lowest BCUT2D eigenvalue weighted by atomic mass is 9.85. The Labute approximate surface area is 138 Å². The van der Waals surface area contributed by atoms with Gasteiger partial charge in [-0.2, -0.15) is 0 Å². The monoisotopic (exact) mass is 359 g/mol. The summed E-state index contributed by atoms with van der Waals surface area (Å²) in [5.74, 6) is 1.27. The van der Waals surface area contributed by atoms with E-state index in [-0.39, 0.29) is 12.3 Å². The zero-order valence-electron chi connectivity index (χ0n) is 12.2. The van der Waals surface area contributed by atoms with Crippen LogP contribution in [0, 0.1) is 5.92 Å². The van der Waals surface area contributed by atoms with Crippen LogP contribution in [0.1, 0.15) is 24.4 Å². The number of rotatable bonds is 2. The van der Waals surface area contributed by atoms with Crippen molar-refractivity contribution < 1.29 is 9.47 Å². The van der Waals surface area contributed by atoms with Crippen LogP contribution in [0.3, 0.4) is 0 Å². The first-order valence-electron chi connectivity index (χ1n) is 7.70. The molecular formula is C18H18BrNO2. The third-order valence-electron chi connectivity index (χ3n) is 4.41. The number of nitrogens with one attached hydrogen (secondary N) is 1. The van der Waals surface area contributed by atoms with Crippen LogP contribution in [0.15, 0.2) is 53.0 Å². The van der Waals surface area contributed by atoms with E-state index in [2.05, 4.69) is 57.6 Å². The molecule has 0 aromatic heterocycles. The summed E-state index contributed by atoms with van der Waals surface area (Å²) in [6.07, 6.45) is 2.06. The molecule has 4 heteroatoms. The third kappa shape index (κ3) is 2.61. The molecule has 0 unspecified atom stereocenters. The van der Waals surface area contributed by atoms with E-state index in [0.717, 1.165) is 35.4 Å². The predicted octanol–water partition coefficient (Wildman–Crippen LogP) is 4.75. The molecule has 1 N–H and O–H groups in total. The molecule has 4 rings (SSSR count). The molecule has 3 atom stereocenters. The van der Waals surface area contributed by atoms with Gasteiger partial charge >= 0.3 is 0 Å². The van der Waals surface area contributed by atoms with Crippen LogP contribution in [0.5, 0.6) is 5.75 Å². The lowest BCUT2D eigenvalue weighted by Crippen LogP contribution is -2.43. The molecule has 1 fully saturated rings. The van der Waals surface area contributed by atoms with Gasteiger partial charge in [0.15, 0.2) is 0 Å². The summed E-state index contributed by atoms with van der Waals surface area (Å²) in [4.78, 5) is 0. The average molecular weight is 360 g/mol. The molecule has 0 aliphatic carbocycles. The highest BCUT2D eigenvalue weighted by Crippen LogP contribution is 2.44. The smallest absolute Gasteiger partial charge is 0.204 e. The van der Waals surface area contributed by atoms with Crippen LogP contribution in [0.25, 0.3) is 0 Å². The van der Waals surface area contributed by atoms with Gasteiger partial charge in [0, 0.05) is 21.6 Å². The van der Waals surface area contributed by atoms with E-state index in [0.29, 0.717) is 5.92 Å². The Kier molecular flexibility index (Phi) is 3.80. The SMILES string of the molecule is Brc1ccc(N[C@H]2c3ccccc3O[C@@H]3OCCC[C@@H]32)cc1. The van der Waals surface area contributed by atoms with Crippen molar-refractivity contribution in [2.45, 2.75) is 25.2 Å². The Bertz CT molecular complexity index is 658. The van der Waals surface area contributed by atoms with Crippen molar-refractivity contribution in [3.63, 3.8) is 0 Å². The van der Waals surface area contributed by atoms with E-state index < -0.39 is 0 Å². The maximum absolute atomic E-state index is 6.05. The minimum Gasteiger partial charge on any atom is -0.464 e. The number of ether oxygens (including phenoxy) is 2. The van der Waals surface area contributed by atoms with Gasteiger partial charge in [0.25, 0.3) is 0 Å².